The Balaban J connectivity index is 2.09. The lowest BCUT2D eigenvalue weighted by molar-refractivity contribution is -0.144. The Labute approximate surface area is 145 Å². The molecule has 0 heterocycles. The molecule has 24 heavy (non-hydrogen) atoms. The lowest BCUT2D eigenvalue weighted by atomic mass is 9.73. The third-order valence-electron chi connectivity index (χ3n) is 5.37. The van der Waals surface area contributed by atoms with Crippen molar-refractivity contribution in [3.05, 3.63) is 34.9 Å². The average Bonchev–Trinajstić information content (AvgIpc) is 2.75. The van der Waals surface area contributed by atoms with Gasteiger partial charge in [-0.2, -0.15) is 0 Å². The van der Waals surface area contributed by atoms with Crippen molar-refractivity contribution in [2.24, 2.45) is 5.41 Å². The largest absolute Gasteiger partial charge is 0.469 e. The van der Waals surface area contributed by atoms with E-state index in [1.54, 1.807) is 0 Å². The highest BCUT2D eigenvalue weighted by Crippen LogP contribution is 2.42. The van der Waals surface area contributed by atoms with Crippen LogP contribution in [-0.4, -0.2) is 18.9 Å². The average molecular weight is 330 g/mol. The molecule has 0 aromatic heterocycles. The van der Waals surface area contributed by atoms with E-state index in [2.05, 4.69) is 32.0 Å². The third kappa shape index (κ3) is 5.19. The smallest absolute Gasteiger partial charge is 0.306 e. The van der Waals surface area contributed by atoms with Gasteiger partial charge in [0.2, 0.25) is 0 Å². The van der Waals surface area contributed by atoms with Crippen LogP contribution in [0, 0.1) is 19.3 Å². The normalized spacial score (nSPS) is 17.1. The minimum absolute atomic E-state index is 0.184. The molecule has 0 unspecified atom stereocenters. The second-order valence-electron chi connectivity index (χ2n) is 7.49. The van der Waals surface area contributed by atoms with E-state index in [-0.39, 0.29) is 17.2 Å². The Bertz CT molecular complexity index is 581. The molecule has 0 bridgehead atoms. The van der Waals surface area contributed by atoms with E-state index >= 15 is 0 Å². The molecule has 3 nitrogen and oxygen atoms in total. The number of carbonyl (C=O) groups is 2. The maximum atomic E-state index is 12.8. The standard InChI is InChI=1S/C21H30O3/c1-16-8-9-18(17(2)12-16)13-19(22)14-21(15-20(23)24-3)10-6-4-5-7-11-21/h8-9,12H,4-7,10-11,13-15H2,1-3H3. The summed E-state index contributed by atoms with van der Waals surface area (Å²) in [5.41, 5.74) is 3.30. The minimum atomic E-state index is -0.195. The molecular formula is C21H30O3. The zero-order valence-corrected chi connectivity index (χ0v) is 15.3. The number of benzene rings is 1. The predicted molar refractivity (Wildman–Crippen MR) is 96.0 cm³/mol. The van der Waals surface area contributed by atoms with Crippen molar-refractivity contribution in [1.82, 2.24) is 0 Å². The molecule has 1 aliphatic carbocycles. The summed E-state index contributed by atoms with van der Waals surface area (Å²) < 4.78 is 4.90. The number of methoxy groups -OCH3 is 1. The summed E-state index contributed by atoms with van der Waals surface area (Å²) in [6.45, 7) is 4.13. The molecule has 132 valence electrons. The fourth-order valence-electron chi connectivity index (χ4n) is 4.01. The van der Waals surface area contributed by atoms with E-state index in [9.17, 15) is 9.59 Å². The van der Waals surface area contributed by atoms with E-state index in [1.165, 1.54) is 31.1 Å². The van der Waals surface area contributed by atoms with Gasteiger partial charge in [0.1, 0.15) is 5.78 Å². The van der Waals surface area contributed by atoms with Crippen molar-refractivity contribution in [3.63, 3.8) is 0 Å². The first kappa shape index (κ1) is 18.7. The van der Waals surface area contributed by atoms with Crippen molar-refractivity contribution in [3.8, 4) is 0 Å². The number of hydrogen-bond acceptors (Lipinski definition) is 3. The van der Waals surface area contributed by atoms with Gasteiger partial charge in [0, 0.05) is 12.8 Å². The molecule has 2 rings (SSSR count). The van der Waals surface area contributed by atoms with Gasteiger partial charge < -0.3 is 4.74 Å². The molecular weight excluding hydrogens is 300 g/mol. The quantitative estimate of drug-likeness (QED) is 0.560. The van der Waals surface area contributed by atoms with Crippen LogP contribution in [0.4, 0.5) is 0 Å². The Morgan fingerprint density at radius 3 is 2.29 bits per heavy atom. The fourth-order valence-corrected chi connectivity index (χ4v) is 4.01. The van der Waals surface area contributed by atoms with Gasteiger partial charge in [-0.25, -0.2) is 0 Å². The maximum Gasteiger partial charge on any atom is 0.306 e. The maximum absolute atomic E-state index is 12.8. The van der Waals surface area contributed by atoms with E-state index in [1.807, 2.05) is 0 Å². The second-order valence-corrected chi connectivity index (χ2v) is 7.49. The molecule has 0 amide bonds. The van der Waals surface area contributed by atoms with Gasteiger partial charge in [0.25, 0.3) is 0 Å². The van der Waals surface area contributed by atoms with Gasteiger partial charge in [-0.15, -0.1) is 0 Å². The van der Waals surface area contributed by atoms with Gasteiger partial charge in [0.15, 0.2) is 0 Å². The van der Waals surface area contributed by atoms with Crippen LogP contribution >= 0.6 is 0 Å². The zero-order chi connectivity index (χ0) is 17.6. The van der Waals surface area contributed by atoms with Gasteiger partial charge in [0.05, 0.1) is 13.5 Å². The van der Waals surface area contributed by atoms with E-state index in [0.29, 0.717) is 19.3 Å². The van der Waals surface area contributed by atoms with Gasteiger partial charge in [-0.3, -0.25) is 9.59 Å². The first-order valence-corrected chi connectivity index (χ1v) is 9.09. The summed E-state index contributed by atoms with van der Waals surface area (Å²) in [7, 11) is 1.43. The van der Waals surface area contributed by atoms with E-state index < -0.39 is 0 Å². The molecule has 1 saturated carbocycles. The molecule has 0 saturated heterocycles. The second kappa shape index (κ2) is 8.46. The van der Waals surface area contributed by atoms with Crippen molar-refractivity contribution >= 4 is 11.8 Å². The number of carbonyl (C=O) groups excluding carboxylic acids is 2. The van der Waals surface area contributed by atoms with E-state index in [4.69, 9.17) is 4.74 Å². The van der Waals surface area contributed by atoms with Crippen LogP contribution in [0.5, 0.6) is 0 Å². The summed E-state index contributed by atoms with van der Waals surface area (Å²) in [6, 6.07) is 6.24. The van der Waals surface area contributed by atoms with Crippen LogP contribution in [-0.2, 0) is 20.7 Å². The van der Waals surface area contributed by atoms with Crippen molar-refractivity contribution in [2.45, 2.75) is 71.6 Å². The number of aryl methyl sites for hydroxylation is 2. The van der Waals surface area contributed by atoms with Crippen LogP contribution in [0.3, 0.4) is 0 Å². The topological polar surface area (TPSA) is 43.4 Å². The Morgan fingerprint density at radius 1 is 1.04 bits per heavy atom. The monoisotopic (exact) mass is 330 g/mol. The number of Topliss-reactive ketones (excluding diaryl/α,β-unsaturated/α-hetero) is 1. The highest BCUT2D eigenvalue weighted by molar-refractivity contribution is 5.82. The Hall–Kier alpha value is -1.64. The number of esters is 1. The summed E-state index contributed by atoms with van der Waals surface area (Å²) in [4.78, 5) is 24.6. The van der Waals surface area contributed by atoms with Crippen molar-refractivity contribution in [2.75, 3.05) is 7.11 Å². The summed E-state index contributed by atoms with van der Waals surface area (Å²) in [6.07, 6.45) is 7.87. The zero-order valence-electron chi connectivity index (χ0n) is 15.3. The molecule has 1 aromatic carbocycles. The van der Waals surface area contributed by atoms with Gasteiger partial charge >= 0.3 is 5.97 Å². The molecule has 0 radical (unpaired) electrons. The highest BCUT2D eigenvalue weighted by Gasteiger charge is 2.35. The number of ketones is 1. The first-order valence-electron chi connectivity index (χ1n) is 9.09. The van der Waals surface area contributed by atoms with Gasteiger partial charge in [-0.1, -0.05) is 49.4 Å². The number of hydrogen-bond donors (Lipinski definition) is 0. The van der Waals surface area contributed by atoms with Crippen LogP contribution in [0.25, 0.3) is 0 Å². The SMILES string of the molecule is COC(=O)CC1(CC(=O)Cc2ccc(C)cc2C)CCCCCC1. The summed E-state index contributed by atoms with van der Waals surface area (Å²) in [5, 5.41) is 0. The molecule has 0 N–H and O–H groups in total. The molecule has 1 aliphatic rings. The number of ether oxygens (including phenoxy) is 1. The van der Waals surface area contributed by atoms with Crippen molar-refractivity contribution < 1.29 is 14.3 Å². The van der Waals surface area contributed by atoms with Crippen LogP contribution < -0.4 is 0 Å². The molecule has 1 aromatic rings. The van der Waals surface area contributed by atoms with E-state index in [0.717, 1.165) is 31.2 Å². The number of rotatable bonds is 6. The fraction of sp³-hybridized carbons (Fsp3) is 0.619. The minimum Gasteiger partial charge on any atom is -0.469 e. The Kier molecular flexibility index (Phi) is 6.59. The third-order valence-corrected chi connectivity index (χ3v) is 5.37. The first-order chi connectivity index (χ1) is 11.4. The molecule has 0 aliphatic heterocycles. The lowest BCUT2D eigenvalue weighted by Gasteiger charge is -2.31. The summed E-state index contributed by atoms with van der Waals surface area (Å²) >= 11 is 0. The molecule has 0 atom stereocenters. The van der Waals surface area contributed by atoms with Crippen LogP contribution in [0.15, 0.2) is 18.2 Å². The lowest BCUT2D eigenvalue weighted by Crippen LogP contribution is -2.28. The Morgan fingerprint density at radius 2 is 1.71 bits per heavy atom. The predicted octanol–water partition coefficient (Wildman–Crippen LogP) is 4.71. The van der Waals surface area contributed by atoms with Crippen molar-refractivity contribution in [1.29, 1.82) is 0 Å². The highest BCUT2D eigenvalue weighted by atomic mass is 16.5. The summed E-state index contributed by atoms with van der Waals surface area (Å²) in [5.74, 6) is 0.0592. The molecule has 3 heteroatoms. The van der Waals surface area contributed by atoms with Crippen LogP contribution in [0.1, 0.15) is 68.1 Å². The van der Waals surface area contributed by atoms with Gasteiger partial charge in [-0.05, 0) is 43.2 Å². The molecule has 1 fully saturated rings. The van der Waals surface area contributed by atoms with Crippen LogP contribution in [0.2, 0.25) is 0 Å². The molecule has 0 spiro atoms.